The summed E-state index contributed by atoms with van der Waals surface area (Å²) in [5.74, 6) is 3.82. The van der Waals surface area contributed by atoms with Gasteiger partial charge < -0.3 is 9.53 Å². The molecule has 1 aromatic rings. The van der Waals surface area contributed by atoms with Crippen LogP contribution in [0.3, 0.4) is 0 Å². The Morgan fingerprint density at radius 2 is 1.84 bits per heavy atom. The van der Waals surface area contributed by atoms with Gasteiger partial charge in [-0.15, -0.1) is 0 Å². The fraction of sp³-hybridized carbons (Fsp3) is 0.621. The van der Waals surface area contributed by atoms with Gasteiger partial charge in [0.2, 0.25) is 0 Å². The first-order valence-electron chi connectivity index (χ1n) is 12.7. The van der Waals surface area contributed by atoms with E-state index < -0.39 is 0 Å². The summed E-state index contributed by atoms with van der Waals surface area (Å²) in [6.07, 6.45) is 16.2. The SMILES string of the molecule is C=C(CCCSCC)OCCC.CCCc1cccc(CC/C=C/C(CC=O)CCC)c1. The van der Waals surface area contributed by atoms with E-state index in [4.69, 9.17) is 4.74 Å². The number of aryl methyl sites for hydroxylation is 2. The van der Waals surface area contributed by atoms with Crippen LogP contribution in [0.1, 0.15) is 90.2 Å². The number of carbonyl (C=O) groups is 1. The lowest BCUT2D eigenvalue weighted by molar-refractivity contribution is -0.108. The molecule has 0 aliphatic rings. The van der Waals surface area contributed by atoms with Gasteiger partial charge in [-0.05, 0) is 67.1 Å². The Kier molecular flexibility index (Phi) is 21.7. The Morgan fingerprint density at radius 1 is 1.09 bits per heavy atom. The zero-order chi connectivity index (χ0) is 23.9. The van der Waals surface area contributed by atoms with Crippen LogP contribution in [0.25, 0.3) is 0 Å². The van der Waals surface area contributed by atoms with Gasteiger partial charge in [0.25, 0.3) is 0 Å². The third-order valence-electron chi connectivity index (χ3n) is 5.06. The molecule has 0 heterocycles. The maximum atomic E-state index is 10.6. The molecule has 0 spiro atoms. The van der Waals surface area contributed by atoms with Gasteiger partial charge in [0, 0.05) is 12.8 Å². The van der Waals surface area contributed by atoms with E-state index >= 15 is 0 Å². The van der Waals surface area contributed by atoms with Gasteiger partial charge in [0.1, 0.15) is 6.29 Å². The fourth-order valence-corrected chi connectivity index (χ4v) is 4.03. The van der Waals surface area contributed by atoms with E-state index in [0.717, 1.165) is 57.2 Å². The average molecular weight is 461 g/mol. The molecule has 0 saturated carbocycles. The van der Waals surface area contributed by atoms with E-state index in [-0.39, 0.29) is 0 Å². The van der Waals surface area contributed by atoms with Crippen LogP contribution in [0.15, 0.2) is 48.8 Å². The summed E-state index contributed by atoms with van der Waals surface area (Å²) >= 11 is 1.98. The Labute approximate surface area is 203 Å². The molecule has 0 aromatic heterocycles. The van der Waals surface area contributed by atoms with Crippen LogP contribution in [0, 0.1) is 5.92 Å². The van der Waals surface area contributed by atoms with E-state index in [2.05, 4.69) is 70.7 Å². The molecule has 2 nitrogen and oxygen atoms in total. The lowest BCUT2D eigenvalue weighted by Crippen LogP contribution is -1.96. The monoisotopic (exact) mass is 460 g/mol. The molecule has 1 aromatic carbocycles. The number of benzene rings is 1. The summed E-state index contributed by atoms with van der Waals surface area (Å²) in [5.41, 5.74) is 2.86. The topological polar surface area (TPSA) is 26.3 Å². The molecule has 0 aliphatic heterocycles. The summed E-state index contributed by atoms with van der Waals surface area (Å²) in [7, 11) is 0. The van der Waals surface area contributed by atoms with Crippen molar-refractivity contribution >= 4 is 18.0 Å². The van der Waals surface area contributed by atoms with Crippen LogP contribution in [0.5, 0.6) is 0 Å². The van der Waals surface area contributed by atoms with Crippen molar-refractivity contribution < 1.29 is 9.53 Å². The van der Waals surface area contributed by atoms with Crippen molar-refractivity contribution in [3.63, 3.8) is 0 Å². The van der Waals surface area contributed by atoms with E-state index in [0.29, 0.717) is 12.3 Å². The summed E-state index contributed by atoms with van der Waals surface area (Å²) < 4.78 is 5.37. The molecule has 1 unspecified atom stereocenters. The van der Waals surface area contributed by atoms with E-state index in [1.165, 1.54) is 41.9 Å². The second-order valence-electron chi connectivity index (χ2n) is 8.18. The van der Waals surface area contributed by atoms with Crippen LogP contribution in [-0.4, -0.2) is 24.4 Å². The number of carbonyl (C=O) groups excluding carboxylic acids is 1. The number of aldehydes is 1. The van der Waals surface area contributed by atoms with Crippen molar-refractivity contribution in [3.05, 3.63) is 59.9 Å². The van der Waals surface area contributed by atoms with Crippen LogP contribution in [0.2, 0.25) is 0 Å². The maximum absolute atomic E-state index is 10.6. The van der Waals surface area contributed by atoms with Crippen LogP contribution >= 0.6 is 11.8 Å². The average Bonchev–Trinajstić information content (AvgIpc) is 2.79. The predicted octanol–water partition coefficient (Wildman–Crippen LogP) is 8.59. The molecule has 0 N–H and O–H groups in total. The van der Waals surface area contributed by atoms with Gasteiger partial charge in [-0.3, -0.25) is 0 Å². The Morgan fingerprint density at radius 3 is 2.47 bits per heavy atom. The largest absolute Gasteiger partial charge is 0.499 e. The molecule has 32 heavy (non-hydrogen) atoms. The highest BCUT2D eigenvalue weighted by atomic mass is 32.2. The molecule has 0 fully saturated rings. The first-order chi connectivity index (χ1) is 15.6. The molecular formula is C29H48O2S. The van der Waals surface area contributed by atoms with Crippen molar-refractivity contribution in [1.82, 2.24) is 0 Å². The first kappa shape index (κ1) is 30.5. The van der Waals surface area contributed by atoms with Gasteiger partial charge >= 0.3 is 0 Å². The molecule has 0 radical (unpaired) electrons. The lowest BCUT2D eigenvalue weighted by Gasteiger charge is -2.07. The molecule has 0 aliphatic carbocycles. The smallest absolute Gasteiger partial charge is 0.120 e. The lowest BCUT2D eigenvalue weighted by atomic mass is 9.98. The Bertz CT molecular complexity index is 609. The van der Waals surface area contributed by atoms with Crippen LogP contribution in [-0.2, 0) is 22.4 Å². The van der Waals surface area contributed by atoms with Crippen molar-refractivity contribution in [3.8, 4) is 0 Å². The highest BCUT2D eigenvalue weighted by Crippen LogP contribution is 2.14. The molecule has 0 amide bonds. The Balaban J connectivity index is 0.000000687. The second kappa shape index (κ2) is 22.7. The van der Waals surface area contributed by atoms with Gasteiger partial charge in [-0.25, -0.2) is 0 Å². The minimum atomic E-state index is 0.434. The van der Waals surface area contributed by atoms with Gasteiger partial charge in [-0.1, -0.05) is 83.5 Å². The fourth-order valence-electron chi connectivity index (χ4n) is 3.39. The van der Waals surface area contributed by atoms with Gasteiger partial charge in [-0.2, -0.15) is 11.8 Å². The molecule has 0 bridgehead atoms. The third kappa shape index (κ3) is 18.1. The molecule has 1 atom stereocenters. The highest BCUT2D eigenvalue weighted by molar-refractivity contribution is 7.99. The van der Waals surface area contributed by atoms with Crippen molar-refractivity contribution in [2.75, 3.05) is 18.1 Å². The predicted molar refractivity (Wildman–Crippen MR) is 145 cm³/mol. The number of hydrogen-bond donors (Lipinski definition) is 0. The standard InChI is InChI=1S/C19H28O.C10H20OS/c1-3-8-17(14-15-20)10-5-6-11-19-13-7-12-18(16-19)9-4-2;1-4-8-11-10(3)7-6-9-12-5-2/h5,7,10,12-13,15-17H,3-4,6,8-9,11,14H2,1-2H3;3-9H2,1-2H3/b10-5+;. The molecule has 0 saturated heterocycles. The van der Waals surface area contributed by atoms with Crippen molar-refractivity contribution in [1.29, 1.82) is 0 Å². The van der Waals surface area contributed by atoms with E-state index in [1.807, 2.05) is 11.8 Å². The summed E-state index contributed by atoms with van der Waals surface area (Å²) in [6, 6.07) is 8.91. The quantitative estimate of drug-likeness (QED) is 0.0949. The molecular weight excluding hydrogens is 412 g/mol. The minimum absolute atomic E-state index is 0.434. The zero-order valence-corrected chi connectivity index (χ0v) is 22.1. The number of allylic oxidation sites excluding steroid dienone is 3. The van der Waals surface area contributed by atoms with Gasteiger partial charge in [0.15, 0.2) is 0 Å². The number of thioether (sulfide) groups is 1. The van der Waals surface area contributed by atoms with Crippen LogP contribution in [0.4, 0.5) is 0 Å². The molecule has 1 rings (SSSR count). The summed E-state index contributed by atoms with van der Waals surface area (Å²) in [4.78, 5) is 10.6. The molecule has 3 heteroatoms. The molecule has 182 valence electrons. The Hall–Kier alpha value is -1.48. The zero-order valence-electron chi connectivity index (χ0n) is 21.2. The normalized spacial score (nSPS) is 11.6. The van der Waals surface area contributed by atoms with Crippen molar-refractivity contribution in [2.45, 2.75) is 91.9 Å². The minimum Gasteiger partial charge on any atom is -0.499 e. The third-order valence-corrected chi connectivity index (χ3v) is 6.04. The van der Waals surface area contributed by atoms with Crippen LogP contribution < -0.4 is 0 Å². The number of ether oxygens (including phenoxy) is 1. The summed E-state index contributed by atoms with van der Waals surface area (Å²) in [6.45, 7) is 13.4. The number of rotatable bonds is 18. The van der Waals surface area contributed by atoms with E-state index in [9.17, 15) is 4.79 Å². The number of hydrogen-bond acceptors (Lipinski definition) is 3. The maximum Gasteiger partial charge on any atom is 0.120 e. The van der Waals surface area contributed by atoms with E-state index in [1.54, 1.807) is 0 Å². The first-order valence-corrected chi connectivity index (χ1v) is 13.8. The van der Waals surface area contributed by atoms with Crippen molar-refractivity contribution in [2.24, 2.45) is 5.92 Å². The highest BCUT2D eigenvalue weighted by Gasteiger charge is 2.02. The van der Waals surface area contributed by atoms with Gasteiger partial charge in [0.05, 0.1) is 12.4 Å². The second-order valence-corrected chi connectivity index (χ2v) is 9.57. The summed E-state index contributed by atoms with van der Waals surface area (Å²) in [5, 5.41) is 0.